The zero-order valence-corrected chi connectivity index (χ0v) is 9.99. The fourth-order valence-corrected chi connectivity index (χ4v) is 1.98. The molecule has 0 radical (unpaired) electrons. The molecule has 0 aromatic heterocycles. The number of aromatic hydroxyl groups is 1. The number of aryl methyl sites for hydroxylation is 1. The largest absolute Gasteiger partial charge is 0.506 e. The number of ketones is 1. The van der Waals surface area contributed by atoms with E-state index in [9.17, 15) is 9.90 Å². The third kappa shape index (κ3) is 2.87. The molecule has 90 valence electrons. The van der Waals surface area contributed by atoms with E-state index in [1.165, 1.54) is 0 Å². The molecule has 17 heavy (non-hydrogen) atoms. The molecule has 0 amide bonds. The summed E-state index contributed by atoms with van der Waals surface area (Å²) in [4.78, 5) is 11.6. The summed E-state index contributed by atoms with van der Waals surface area (Å²) in [6, 6.07) is 5.36. The zero-order chi connectivity index (χ0) is 12.3. The van der Waals surface area contributed by atoms with Crippen LogP contribution in [0.1, 0.15) is 31.2 Å². The fraction of sp³-hybridized carbons (Fsp3) is 0.357. The maximum absolute atomic E-state index is 11.6. The molecule has 0 unspecified atom stereocenters. The first-order valence-electron chi connectivity index (χ1n) is 5.95. The van der Waals surface area contributed by atoms with Crippen molar-refractivity contribution in [3.8, 4) is 5.75 Å². The van der Waals surface area contributed by atoms with Crippen LogP contribution in [0.4, 0.5) is 5.69 Å². The Bertz CT molecular complexity index is 463. The van der Waals surface area contributed by atoms with Crippen LogP contribution in [-0.4, -0.2) is 10.9 Å². The monoisotopic (exact) mass is 231 g/mol. The Labute approximate surface area is 101 Å². The highest BCUT2D eigenvalue weighted by atomic mass is 16.3. The van der Waals surface area contributed by atoms with Gasteiger partial charge in [-0.25, -0.2) is 0 Å². The number of phenols is 1. The Balaban J connectivity index is 2.13. The van der Waals surface area contributed by atoms with Gasteiger partial charge in [0.05, 0.1) is 5.69 Å². The lowest BCUT2D eigenvalue weighted by atomic mass is 9.94. The molecule has 1 aromatic rings. The van der Waals surface area contributed by atoms with E-state index in [1.54, 1.807) is 12.3 Å². The highest BCUT2D eigenvalue weighted by Crippen LogP contribution is 2.25. The minimum atomic E-state index is 0.204. The van der Waals surface area contributed by atoms with Crippen molar-refractivity contribution in [1.82, 2.24) is 0 Å². The van der Waals surface area contributed by atoms with Gasteiger partial charge in [-0.2, -0.15) is 0 Å². The van der Waals surface area contributed by atoms with Gasteiger partial charge in [0.1, 0.15) is 5.75 Å². The van der Waals surface area contributed by atoms with Gasteiger partial charge in [-0.3, -0.25) is 4.79 Å². The van der Waals surface area contributed by atoms with Crippen LogP contribution in [-0.2, 0) is 4.79 Å². The highest BCUT2D eigenvalue weighted by molar-refractivity contribution is 5.96. The van der Waals surface area contributed by atoms with Crippen molar-refractivity contribution in [1.29, 1.82) is 0 Å². The number of phenolic OH excluding ortho intramolecular Hbond substituents is 1. The molecule has 1 aliphatic carbocycles. The molecule has 3 nitrogen and oxygen atoms in total. The summed E-state index contributed by atoms with van der Waals surface area (Å²) in [6.45, 7) is 1.96. The summed E-state index contributed by atoms with van der Waals surface area (Å²) in [7, 11) is 0. The zero-order valence-electron chi connectivity index (χ0n) is 9.99. The van der Waals surface area contributed by atoms with E-state index in [0.717, 1.165) is 30.4 Å². The minimum absolute atomic E-state index is 0.204. The number of nitrogens with one attached hydrogen (secondary N) is 1. The summed E-state index contributed by atoms with van der Waals surface area (Å²) in [6.07, 6.45) is 5.27. The normalized spacial score (nSPS) is 18.4. The molecule has 0 saturated heterocycles. The number of hydrogen-bond acceptors (Lipinski definition) is 3. The van der Waals surface area contributed by atoms with Gasteiger partial charge in [0.2, 0.25) is 0 Å². The van der Waals surface area contributed by atoms with E-state index in [0.29, 0.717) is 12.1 Å². The van der Waals surface area contributed by atoms with Gasteiger partial charge in [0.15, 0.2) is 5.78 Å². The van der Waals surface area contributed by atoms with E-state index in [1.807, 2.05) is 19.1 Å². The Hall–Kier alpha value is -1.77. The fourth-order valence-electron chi connectivity index (χ4n) is 1.98. The molecule has 0 spiro atoms. The summed E-state index contributed by atoms with van der Waals surface area (Å²) in [5, 5.41) is 12.7. The van der Waals surface area contributed by atoms with E-state index in [2.05, 4.69) is 5.32 Å². The minimum Gasteiger partial charge on any atom is -0.506 e. The molecular weight excluding hydrogens is 214 g/mol. The molecule has 1 saturated carbocycles. The van der Waals surface area contributed by atoms with Crippen LogP contribution in [0.25, 0.3) is 0 Å². The number of anilines is 1. The summed E-state index contributed by atoms with van der Waals surface area (Å²) in [5.41, 5.74) is 2.55. The lowest BCUT2D eigenvalue weighted by Gasteiger charge is -2.13. The summed E-state index contributed by atoms with van der Waals surface area (Å²) in [5.74, 6) is 0.423. The number of carbonyl (C=O) groups excluding carboxylic acids is 1. The Morgan fingerprint density at radius 2 is 2.06 bits per heavy atom. The van der Waals surface area contributed by atoms with Crippen LogP contribution in [0.5, 0.6) is 5.75 Å². The smallest absolute Gasteiger partial charge is 0.160 e. The lowest BCUT2D eigenvalue weighted by molar-refractivity contribution is -0.116. The van der Waals surface area contributed by atoms with E-state index < -0.39 is 0 Å². The maximum atomic E-state index is 11.6. The van der Waals surface area contributed by atoms with Crippen molar-refractivity contribution in [2.75, 3.05) is 5.32 Å². The van der Waals surface area contributed by atoms with Gasteiger partial charge >= 0.3 is 0 Å². The van der Waals surface area contributed by atoms with Gasteiger partial charge in [0, 0.05) is 18.2 Å². The van der Waals surface area contributed by atoms with Crippen LogP contribution in [0.15, 0.2) is 30.0 Å². The highest BCUT2D eigenvalue weighted by Gasteiger charge is 2.14. The molecule has 0 heterocycles. The molecule has 3 heteroatoms. The van der Waals surface area contributed by atoms with Gasteiger partial charge < -0.3 is 10.4 Å². The maximum Gasteiger partial charge on any atom is 0.160 e. The molecule has 2 N–H and O–H groups in total. The molecule has 0 bridgehead atoms. The van der Waals surface area contributed by atoms with Crippen molar-refractivity contribution in [2.45, 2.75) is 32.6 Å². The predicted octanol–water partition coefficient (Wildman–Crippen LogP) is 3.14. The second kappa shape index (κ2) is 5.04. The lowest BCUT2D eigenvalue weighted by Crippen LogP contribution is -2.09. The third-order valence-electron chi connectivity index (χ3n) is 3.01. The number of rotatable bonds is 2. The third-order valence-corrected chi connectivity index (χ3v) is 3.01. The van der Waals surface area contributed by atoms with E-state index in [4.69, 9.17) is 0 Å². The van der Waals surface area contributed by atoms with E-state index >= 15 is 0 Å². The van der Waals surface area contributed by atoms with Crippen molar-refractivity contribution >= 4 is 11.5 Å². The molecule has 1 aromatic carbocycles. The van der Waals surface area contributed by atoms with Gasteiger partial charge in [-0.05, 0) is 43.9 Å². The van der Waals surface area contributed by atoms with Gasteiger partial charge in [-0.1, -0.05) is 6.07 Å². The number of hydrogen-bond donors (Lipinski definition) is 2. The van der Waals surface area contributed by atoms with Gasteiger partial charge in [-0.15, -0.1) is 0 Å². The second-order valence-electron chi connectivity index (χ2n) is 4.46. The standard InChI is InChI=1S/C14H17NO2/c1-10-6-7-14(17)12(8-10)15-9-11-4-2-3-5-13(11)16/h6-9,15,17H,2-5H2,1H3/b11-9-. The first kappa shape index (κ1) is 11.7. The molecule has 1 fully saturated rings. The average Bonchev–Trinajstić information content (AvgIpc) is 2.32. The van der Waals surface area contributed by atoms with Crippen molar-refractivity contribution in [3.63, 3.8) is 0 Å². The SMILES string of the molecule is Cc1ccc(O)c(N/C=C2/CCCCC2=O)c1. The van der Waals surface area contributed by atoms with Crippen LogP contribution < -0.4 is 5.32 Å². The Morgan fingerprint density at radius 1 is 1.29 bits per heavy atom. The van der Waals surface area contributed by atoms with Crippen molar-refractivity contribution < 1.29 is 9.90 Å². The molecule has 2 rings (SSSR count). The van der Waals surface area contributed by atoms with Crippen molar-refractivity contribution in [3.05, 3.63) is 35.5 Å². The van der Waals surface area contributed by atoms with Crippen LogP contribution in [0.3, 0.4) is 0 Å². The number of benzene rings is 1. The topological polar surface area (TPSA) is 49.3 Å². The molecule has 0 atom stereocenters. The molecule has 0 aliphatic heterocycles. The summed E-state index contributed by atoms with van der Waals surface area (Å²) < 4.78 is 0. The first-order chi connectivity index (χ1) is 8.16. The first-order valence-corrected chi connectivity index (χ1v) is 5.95. The van der Waals surface area contributed by atoms with Crippen LogP contribution in [0, 0.1) is 6.92 Å². The molecular formula is C14H17NO2. The number of carbonyl (C=O) groups is 1. The molecule has 1 aliphatic rings. The van der Waals surface area contributed by atoms with Crippen LogP contribution in [0.2, 0.25) is 0 Å². The van der Waals surface area contributed by atoms with E-state index in [-0.39, 0.29) is 11.5 Å². The number of Topliss-reactive ketones (excluding diaryl/α,β-unsaturated/α-hetero) is 1. The van der Waals surface area contributed by atoms with Crippen molar-refractivity contribution in [2.24, 2.45) is 0 Å². The second-order valence-corrected chi connectivity index (χ2v) is 4.46. The summed E-state index contributed by atoms with van der Waals surface area (Å²) >= 11 is 0. The average molecular weight is 231 g/mol. The number of allylic oxidation sites excluding steroid dienone is 1. The van der Waals surface area contributed by atoms with Crippen LogP contribution >= 0.6 is 0 Å². The predicted molar refractivity (Wildman–Crippen MR) is 68.0 cm³/mol. The van der Waals surface area contributed by atoms with Gasteiger partial charge in [0.25, 0.3) is 0 Å². The Kier molecular flexibility index (Phi) is 3.47. The Morgan fingerprint density at radius 3 is 2.82 bits per heavy atom. The quantitative estimate of drug-likeness (QED) is 0.607.